The number of carbonyl (C=O) groups excluding carboxylic acids is 3. The smallest absolute Gasteiger partial charge is 0.346 e. The van der Waals surface area contributed by atoms with Crippen LogP contribution >= 0.6 is 22.6 Å². The van der Waals surface area contributed by atoms with Gasteiger partial charge >= 0.3 is 17.9 Å². The SMILES string of the molecule is COC(=O)C(C)(CC(C)(C)C(C)(C)C(CC(C)(I)C(C)(C)CC(c1ccccc1)C(C)(C)C)c1ccc2c(c1)C(=O)OC2=O)C(C)(C)C. The first-order chi connectivity index (χ1) is 21.6. The number of carbonyl (C=O) groups is 3. The van der Waals surface area contributed by atoms with E-state index in [1.54, 1.807) is 6.07 Å². The van der Waals surface area contributed by atoms with Crippen LogP contribution in [0.3, 0.4) is 0 Å². The van der Waals surface area contributed by atoms with Crippen molar-refractivity contribution in [1.82, 2.24) is 0 Å². The van der Waals surface area contributed by atoms with Crippen molar-refractivity contribution >= 4 is 40.5 Å². The number of hydrogen-bond donors (Lipinski definition) is 0. The molecule has 0 saturated heterocycles. The molecule has 1 aliphatic rings. The van der Waals surface area contributed by atoms with E-state index in [9.17, 15) is 14.4 Å². The minimum Gasteiger partial charge on any atom is -0.469 e. The highest BCUT2D eigenvalue weighted by molar-refractivity contribution is 14.1. The van der Waals surface area contributed by atoms with Crippen LogP contribution in [0.4, 0.5) is 0 Å². The van der Waals surface area contributed by atoms with Crippen molar-refractivity contribution in [2.45, 2.75) is 131 Å². The fourth-order valence-electron chi connectivity index (χ4n) is 7.55. The minimum atomic E-state index is -0.746. The number of halogens is 1. The Morgan fingerprint density at radius 1 is 0.708 bits per heavy atom. The van der Waals surface area contributed by atoms with E-state index in [1.165, 1.54) is 12.7 Å². The molecule has 6 heteroatoms. The van der Waals surface area contributed by atoms with Gasteiger partial charge in [-0.25, -0.2) is 9.59 Å². The van der Waals surface area contributed by atoms with E-state index in [1.807, 2.05) is 19.1 Å². The maximum atomic E-state index is 13.5. The number of rotatable bonds is 12. The van der Waals surface area contributed by atoms with Crippen molar-refractivity contribution in [1.29, 1.82) is 0 Å². The molecule has 4 atom stereocenters. The summed E-state index contributed by atoms with van der Waals surface area (Å²) in [5.41, 5.74) is 1.14. The summed E-state index contributed by atoms with van der Waals surface area (Å²) in [6.45, 7) is 31.6. The number of alkyl halides is 1. The Morgan fingerprint density at radius 3 is 1.75 bits per heavy atom. The molecule has 0 fully saturated rings. The second-order valence-electron chi connectivity index (χ2n) is 18.7. The Balaban J connectivity index is 2.18. The zero-order chi connectivity index (χ0) is 36.9. The van der Waals surface area contributed by atoms with E-state index in [0.29, 0.717) is 23.5 Å². The van der Waals surface area contributed by atoms with E-state index in [2.05, 4.69) is 143 Å². The fourth-order valence-corrected chi connectivity index (χ4v) is 8.21. The van der Waals surface area contributed by atoms with Gasteiger partial charge in [0.25, 0.3) is 0 Å². The van der Waals surface area contributed by atoms with Crippen molar-refractivity contribution in [3.05, 3.63) is 70.8 Å². The van der Waals surface area contributed by atoms with Gasteiger partial charge in [0, 0.05) is 3.42 Å². The Kier molecular flexibility index (Phi) is 11.3. The van der Waals surface area contributed by atoms with Gasteiger partial charge in [-0.1, -0.05) is 149 Å². The first-order valence-corrected chi connectivity index (χ1v) is 18.4. The van der Waals surface area contributed by atoms with Crippen molar-refractivity contribution < 1.29 is 23.9 Å². The summed E-state index contributed by atoms with van der Waals surface area (Å²) < 4.78 is 10.2. The molecule has 0 bridgehead atoms. The molecule has 0 N–H and O–H groups in total. The molecule has 0 amide bonds. The molecule has 48 heavy (non-hydrogen) atoms. The molecule has 1 aliphatic heterocycles. The van der Waals surface area contributed by atoms with Crippen LogP contribution in [0.2, 0.25) is 0 Å². The molecule has 266 valence electrons. The van der Waals surface area contributed by atoms with Crippen LogP contribution in [-0.2, 0) is 14.3 Å². The zero-order valence-corrected chi connectivity index (χ0v) is 34.5. The lowest BCUT2D eigenvalue weighted by molar-refractivity contribution is -0.164. The van der Waals surface area contributed by atoms with Gasteiger partial charge in [-0.3, -0.25) is 4.79 Å². The summed E-state index contributed by atoms with van der Waals surface area (Å²) in [6.07, 6.45) is 2.41. The maximum Gasteiger partial charge on any atom is 0.346 e. The van der Waals surface area contributed by atoms with Gasteiger partial charge in [0.05, 0.1) is 23.7 Å². The summed E-state index contributed by atoms with van der Waals surface area (Å²) in [4.78, 5) is 38.7. The van der Waals surface area contributed by atoms with Gasteiger partial charge in [-0.15, -0.1) is 0 Å². The predicted octanol–water partition coefficient (Wildman–Crippen LogP) is 11.6. The average Bonchev–Trinajstić information content (AvgIpc) is 3.25. The van der Waals surface area contributed by atoms with E-state index in [-0.39, 0.29) is 42.4 Å². The number of ether oxygens (including phenoxy) is 2. The second-order valence-corrected chi connectivity index (χ2v) is 21.1. The van der Waals surface area contributed by atoms with Crippen LogP contribution in [0.5, 0.6) is 0 Å². The molecular formula is C42H61IO5. The van der Waals surface area contributed by atoms with Gasteiger partial charge < -0.3 is 9.47 Å². The third kappa shape index (κ3) is 7.73. The first kappa shape index (κ1) is 40.2. The van der Waals surface area contributed by atoms with Crippen LogP contribution in [0.15, 0.2) is 48.5 Å². The van der Waals surface area contributed by atoms with Crippen LogP contribution in [0.25, 0.3) is 0 Å². The minimum absolute atomic E-state index is 0.0332. The Bertz CT molecular complexity index is 1500. The van der Waals surface area contributed by atoms with E-state index in [4.69, 9.17) is 9.47 Å². The third-order valence-corrected chi connectivity index (χ3v) is 14.6. The fraction of sp³-hybridized carbons (Fsp3) is 0.643. The van der Waals surface area contributed by atoms with Crippen LogP contribution in [0, 0.1) is 32.5 Å². The molecule has 0 saturated carbocycles. The molecular weight excluding hydrogens is 711 g/mol. The summed E-state index contributed by atoms with van der Waals surface area (Å²) in [6, 6.07) is 16.5. The number of methoxy groups -OCH3 is 1. The van der Waals surface area contributed by atoms with Crippen molar-refractivity contribution in [3.8, 4) is 0 Å². The number of benzene rings is 2. The van der Waals surface area contributed by atoms with Gasteiger partial charge in [0.1, 0.15) is 0 Å². The Labute approximate surface area is 304 Å². The van der Waals surface area contributed by atoms with E-state index < -0.39 is 17.4 Å². The molecule has 5 nitrogen and oxygen atoms in total. The Hall–Kier alpha value is -2.22. The normalized spacial score (nSPS) is 18.3. The maximum absolute atomic E-state index is 13.5. The van der Waals surface area contributed by atoms with Crippen molar-refractivity contribution in [2.24, 2.45) is 32.5 Å². The molecule has 4 unspecified atom stereocenters. The van der Waals surface area contributed by atoms with Crippen LogP contribution in [-0.4, -0.2) is 28.4 Å². The summed E-state index contributed by atoms with van der Waals surface area (Å²) in [5.74, 6) is -1.07. The van der Waals surface area contributed by atoms with Gasteiger partial charge in [0.15, 0.2) is 0 Å². The monoisotopic (exact) mass is 772 g/mol. The van der Waals surface area contributed by atoms with Gasteiger partial charge in [-0.05, 0) is 88.4 Å². The molecule has 3 rings (SSSR count). The van der Waals surface area contributed by atoms with Crippen LogP contribution in [0.1, 0.15) is 160 Å². The Morgan fingerprint density at radius 2 is 1.25 bits per heavy atom. The number of cyclic esters (lactones) is 2. The lowest BCUT2D eigenvalue weighted by Crippen LogP contribution is -2.50. The molecule has 2 aromatic rings. The average molecular weight is 773 g/mol. The van der Waals surface area contributed by atoms with Gasteiger partial charge in [0.2, 0.25) is 0 Å². The molecule has 1 heterocycles. The molecule has 2 aromatic carbocycles. The number of esters is 3. The van der Waals surface area contributed by atoms with Crippen molar-refractivity contribution in [3.63, 3.8) is 0 Å². The molecule has 0 aromatic heterocycles. The second kappa shape index (κ2) is 13.5. The first-order valence-electron chi connectivity index (χ1n) is 17.4. The lowest BCUT2D eigenvalue weighted by atomic mass is 9.50. The van der Waals surface area contributed by atoms with E-state index >= 15 is 0 Å². The van der Waals surface area contributed by atoms with Crippen LogP contribution < -0.4 is 0 Å². The highest BCUT2D eigenvalue weighted by atomic mass is 127. The third-order valence-electron chi connectivity index (χ3n) is 12.7. The number of fused-ring (bicyclic) bond motifs is 1. The predicted molar refractivity (Wildman–Crippen MR) is 205 cm³/mol. The quantitative estimate of drug-likeness (QED) is 0.0930. The van der Waals surface area contributed by atoms with Crippen molar-refractivity contribution in [2.75, 3.05) is 7.11 Å². The number of hydrogen-bond acceptors (Lipinski definition) is 5. The van der Waals surface area contributed by atoms with Gasteiger partial charge in [-0.2, -0.15) is 0 Å². The topological polar surface area (TPSA) is 69.7 Å². The lowest BCUT2D eigenvalue weighted by Gasteiger charge is -2.55. The van der Waals surface area contributed by atoms with E-state index in [0.717, 1.165) is 18.4 Å². The molecule has 0 aliphatic carbocycles. The molecule has 0 spiro atoms. The highest BCUT2D eigenvalue weighted by Crippen LogP contribution is 2.61. The largest absolute Gasteiger partial charge is 0.469 e. The molecule has 0 radical (unpaired) electrons. The standard InChI is InChI=1S/C42H61IO5/c1-36(2,3)31(27-19-17-16-18-20-27)24-38(7,8)42(14,43)25-32(28-21-22-29-30(23-28)34(45)48-33(29)44)40(11,12)39(9,10)26-41(13,35(46)47-15)37(4,5)6/h16-23,31-32H,24-26H2,1-15H3. The summed E-state index contributed by atoms with van der Waals surface area (Å²) >= 11 is 2.69. The zero-order valence-electron chi connectivity index (χ0n) is 32.3. The summed E-state index contributed by atoms with van der Waals surface area (Å²) in [7, 11) is 1.47. The highest BCUT2D eigenvalue weighted by Gasteiger charge is 2.55. The summed E-state index contributed by atoms with van der Waals surface area (Å²) in [5, 5.41) is 0.